The zero-order valence-electron chi connectivity index (χ0n) is 10.8. The van der Waals surface area contributed by atoms with Gasteiger partial charge in [0.15, 0.2) is 0 Å². The molecular formula is C15H16ClNO2. The van der Waals surface area contributed by atoms with Crippen molar-refractivity contribution < 1.29 is 9.90 Å². The highest BCUT2D eigenvalue weighted by Crippen LogP contribution is 2.28. The van der Waals surface area contributed by atoms with Crippen LogP contribution in [0.3, 0.4) is 0 Å². The first kappa shape index (κ1) is 13.7. The number of carboxylic acid groups (broad SMARTS) is 1. The lowest BCUT2D eigenvalue weighted by atomic mass is 10.1. The Labute approximate surface area is 117 Å². The molecule has 0 aliphatic carbocycles. The standard InChI is InChI=1S/C15H16ClNO2/c1-11-6-8-17(9-7-11)14-10-13(16)4-2-12(14)3-5-15(18)19/h2-6,10H,7-9H2,1H3,(H,18,19)/b5-3+. The van der Waals surface area contributed by atoms with E-state index in [1.54, 1.807) is 12.1 Å². The van der Waals surface area contributed by atoms with Gasteiger partial charge in [-0.2, -0.15) is 0 Å². The third-order valence-corrected chi connectivity index (χ3v) is 3.41. The van der Waals surface area contributed by atoms with Gasteiger partial charge < -0.3 is 10.0 Å². The molecule has 4 heteroatoms. The van der Waals surface area contributed by atoms with E-state index in [1.807, 2.05) is 12.1 Å². The largest absolute Gasteiger partial charge is 0.478 e. The molecule has 0 atom stereocenters. The molecule has 0 radical (unpaired) electrons. The number of hydrogen-bond acceptors (Lipinski definition) is 2. The van der Waals surface area contributed by atoms with Crippen LogP contribution in [-0.4, -0.2) is 24.2 Å². The monoisotopic (exact) mass is 277 g/mol. The predicted octanol–water partition coefficient (Wildman–Crippen LogP) is 3.59. The smallest absolute Gasteiger partial charge is 0.328 e. The molecule has 0 bridgehead atoms. The molecule has 0 saturated heterocycles. The quantitative estimate of drug-likeness (QED) is 0.678. The first-order chi connectivity index (χ1) is 9.06. The number of carboxylic acids is 1. The van der Waals surface area contributed by atoms with Crippen LogP contribution in [-0.2, 0) is 4.79 Å². The molecule has 2 rings (SSSR count). The molecule has 1 aliphatic heterocycles. The molecule has 0 amide bonds. The van der Waals surface area contributed by atoms with Crippen molar-refractivity contribution in [1.82, 2.24) is 0 Å². The molecule has 0 spiro atoms. The van der Waals surface area contributed by atoms with E-state index in [4.69, 9.17) is 16.7 Å². The molecule has 100 valence electrons. The summed E-state index contributed by atoms with van der Waals surface area (Å²) in [5.74, 6) is -0.949. The van der Waals surface area contributed by atoms with Crippen molar-refractivity contribution in [1.29, 1.82) is 0 Å². The van der Waals surface area contributed by atoms with Crippen molar-refractivity contribution in [3.05, 3.63) is 46.5 Å². The van der Waals surface area contributed by atoms with Crippen LogP contribution >= 0.6 is 11.6 Å². The molecule has 0 aromatic heterocycles. The molecule has 1 N–H and O–H groups in total. The second-order valence-electron chi connectivity index (χ2n) is 4.62. The van der Waals surface area contributed by atoms with E-state index in [0.717, 1.165) is 36.8 Å². The van der Waals surface area contributed by atoms with E-state index in [0.29, 0.717) is 5.02 Å². The highest BCUT2D eigenvalue weighted by molar-refractivity contribution is 6.31. The van der Waals surface area contributed by atoms with Gasteiger partial charge in [0.1, 0.15) is 0 Å². The maximum Gasteiger partial charge on any atom is 0.328 e. The van der Waals surface area contributed by atoms with Crippen LogP contribution in [0.25, 0.3) is 6.08 Å². The van der Waals surface area contributed by atoms with Gasteiger partial charge in [0.2, 0.25) is 0 Å². The molecule has 1 heterocycles. The first-order valence-electron chi connectivity index (χ1n) is 6.17. The van der Waals surface area contributed by atoms with E-state index in [-0.39, 0.29) is 0 Å². The van der Waals surface area contributed by atoms with Gasteiger partial charge in [0.05, 0.1) is 0 Å². The zero-order chi connectivity index (χ0) is 13.8. The van der Waals surface area contributed by atoms with Crippen molar-refractivity contribution in [2.45, 2.75) is 13.3 Å². The van der Waals surface area contributed by atoms with Crippen LogP contribution < -0.4 is 4.90 Å². The Morgan fingerprint density at radius 3 is 2.89 bits per heavy atom. The molecule has 1 aliphatic rings. The van der Waals surface area contributed by atoms with Crippen LogP contribution in [0.15, 0.2) is 35.9 Å². The van der Waals surface area contributed by atoms with Crippen LogP contribution in [0, 0.1) is 0 Å². The average Bonchev–Trinajstić information content (AvgIpc) is 2.38. The van der Waals surface area contributed by atoms with E-state index in [9.17, 15) is 4.79 Å². The molecule has 1 aromatic rings. The molecule has 3 nitrogen and oxygen atoms in total. The maximum atomic E-state index is 10.6. The number of carbonyl (C=O) groups is 1. The SMILES string of the molecule is CC1=CCN(c2cc(Cl)ccc2/C=C/C(=O)O)CC1. The van der Waals surface area contributed by atoms with Crippen LogP contribution in [0.2, 0.25) is 5.02 Å². The van der Waals surface area contributed by atoms with E-state index >= 15 is 0 Å². The normalized spacial score (nSPS) is 15.7. The van der Waals surface area contributed by atoms with Crippen LogP contribution in [0.4, 0.5) is 5.69 Å². The molecule has 1 aromatic carbocycles. The molecule has 0 fully saturated rings. The summed E-state index contributed by atoms with van der Waals surface area (Å²) in [5, 5.41) is 9.39. The highest BCUT2D eigenvalue weighted by Gasteiger charge is 2.13. The lowest BCUT2D eigenvalue weighted by molar-refractivity contribution is -0.131. The number of hydrogen-bond donors (Lipinski definition) is 1. The van der Waals surface area contributed by atoms with Crippen molar-refractivity contribution in [3.8, 4) is 0 Å². The minimum Gasteiger partial charge on any atom is -0.478 e. The van der Waals surface area contributed by atoms with E-state index in [1.165, 1.54) is 5.57 Å². The molecule has 19 heavy (non-hydrogen) atoms. The Balaban J connectivity index is 2.32. The predicted molar refractivity (Wildman–Crippen MR) is 78.7 cm³/mol. The third-order valence-electron chi connectivity index (χ3n) is 3.17. The number of rotatable bonds is 3. The summed E-state index contributed by atoms with van der Waals surface area (Å²) in [6.45, 7) is 3.89. The number of nitrogens with zero attached hydrogens (tertiary/aromatic N) is 1. The van der Waals surface area contributed by atoms with Gasteiger partial charge in [0.25, 0.3) is 0 Å². The topological polar surface area (TPSA) is 40.5 Å². The summed E-state index contributed by atoms with van der Waals surface area (Å²) in [4.78, 5) is 12.8. The Hall–Kier alpha value is -1.74. The van der Waals surface area contributed by atoms with Crippen molar-refractivity contribution in [3.63, 3.8) is 0 Å². The summed E-state index contributed by atoms with van der Waals surface area (Å²) in [6, 6.07) is 5.51. The zero-order valence-corrected chi connectivity index (χ0v) is 11.5. The molecule has 0 saturated carbocycles. The van der Waals surface area contributed by atoms with Gasteiger partial charge >= 0.3 is 5.97 Å². The summed E-state index contributed by atoms with van der Waals surface area (Å²) in [5.41, 5.74) is 3.24. The number of halogens is 1. The van der Waals surface area contributed by atoms with Crippen molar-refractivity contribution >= 4 is 29.3 Å². The van der Waals surface area contributed by atoms with Gasteiger partial charge in [-0.25, -0.2) is 4.79 Å². The Morgan fingerprint density at radius 2 is 2.26 bits per heavy atom. The average molecular weight is 278 g/mol. The Bertz CT molecular complexity index is 549. The van der Waals surface area contributed by atoms with Gasteiger partial charge in [-0.15, -0.1) is 0 Å². The fourth-order valence-corrected chi connectivity index (χ4v) is 2.25. The van der Waals surface area contributed by atoms with E-state index < -0.39 is 5.97 Å². The third kappa shape index (κ3) is 3.61. The first-order valence-corrected chi connectivity index (χ1v) is 6.55. The lowest BCUT2D eigenvalue weighted by Gasteiger charge is -2.29. The number of anilines is 1. The van der Waals surface area contributed by atoms with Crippen molar-refractivity contribution in [2.75, 3.05) is 18.0 Å². The fourth-order valence-electron chi connectivity index (χ4n) is 2.08. The molecule has 0 unspecified atom stereocenters. The minimum atomic E-state index is -0.949. The Kier molecular flexibility index (Phi) is 4.27. The summed E-state index contributed by atoms with van der Waals surface area (Å²) < 4.78 is 0. The number of benzene rings is 1. The maximum absolute atomic E-state index is 10.6. The van der Waals surface area contributed by atoms with Crippen LogP contribution in [0.1, 0.15) is 18.9 Å². The highest BCUT2D eigenvalue weighted by atomic mass is 35.5. The van der Waals surface area contributed by atoms with Gasteiger partial charge in [-0.1, -0.05) is 29.3 Å². The van der Waals surface area contributed by atoms with Gasteiger partial charge in [0, 0.05) is 29.9 Å². The Morgan fingerprint density at radius 1 is 1.47 bits per heavy atom. The summed E-state index contributed by atoms with van der Waals surface area (Å²) in [7, 11) is 0. The summed E-state index contributed by atoms with van der Waals surface area (Å²) in [6.07, 6.45) is 5.97. The fraction of sp³-hybridized carbons (Fsp3) is 0.267. The minimum absolute atomic E-state index is 0.661. The second-order valence-corrected chi connectivity index (χ2v) is 5.06. The van der Waals surface area contributed by atoms with Crippen LogP contribution in [0.5, 0.6) is 0 Å². The van der Waals surface area contributed by atoms with Crippen molar-refractivity contribution in [2.24, 2.45) is 0 Å². The second kappa shape index (κ2) is 5.93. The van der Waals surface area contributed by atoms with Gasteiger partial charge in [-0.05, 0) is 37.1 Å². The van der Waals surface area contributed by atoms with Gasteiger partial charge in [-0.3, -0.25) is 0 Å². The molecular weight excluding hydrogens is 262 g/mol. The lowest BCUT2D eigenvalue weighted by Crippen LogP contribution is -2.28. The number of aliphatic carboxylic acids is 1. The van der Waals surface area contributed by atoms with E-state index in [2.05, 4.69) is 17.9 Å². The summed E-state index contributed by atoms with van der Waals surface area (Å²) >= 11 is 6.04.